The highest BCUT2D eigenvalue weighted by molar-refractivity contribution is 8.01. The molecule has 1 N–H and O–H groups in total. The Hall–Kier alpha value is -0.470. The topological polar surface area (TPSA) is 20.2 Å². The standard InChI is InChI=1S/C14H20OS/c1-13(2,3)12(15)14(9-10-14)16-11-7-5-4-6-8-11/h4-8,12,15H,9-10H2,1-3H3. The van der Waals surface area contributed by atoms with Crippen LogP contribution in [-0.2, 0) is 0 Å². The molecule has 1 aromatic rings. The summed E-state index contributed by atoms with van der Waals surface area (Å²) in [6, 6.07) is 10.4. The van der Waals surface area contributed by atoms with Crippen LogP contribution in [0.4, 0.5) is 0 Å². The van der Waals surface area contributed by atoms with E-state index in [1.54, 1.807) is 0 Å². The zero-order chi connectivity index (χ0) is 11.8. The lowest BCUT2D eigenvalue weighted by atomic mass is 9.86. The van der Waals surface area contributed by atoms with E-state index in [0.29, 0.717) is 0 Å². The molecule has 0 aliphatic heterocycles. The summed E-state index contributed by atoms with van der Waals surface area (Å²) in [5.74, 6) is 0. The predicted molar refractivity (Wildman–Crippen MR) is 69.7 cm³/mol. The quantitative estimate of drug-likeness (QED) is 0.863. The molecule has 0 aromatic heterocycles. The van der Waals surface area contributed by atoms with Gasteiger partial charge in [0.25, 0.3) is 0 Å². The average Bonchev–Trinajstić information content (AvgIpc) is 2.98. The van der Waals surface area contributed by atoms with Gasteiger partial charge in [-0.2, -0.15) is 0 Å². The number of rotatable bonds is 3. The second-order valence-electron chi connectivity index (χ2n) is 5.75. The van der Waals surface area contributed by atoms with Gasteiger partial charge >= 0.3 is 0 Å². The first kappa shape index (κ1) is 12.0. The smallest absolute Gasteiger partial charge is 0.0738 e. The minimum atomic E-state index is -0.231. The van der Waals surface area contributed by atoms with E-state index in [4.69, 9.17) is 0 Å². The fourth-order valence-electron chi connectivity index (χ4n) is 2.07. The highest BCUT2D eigenvalue weighted by Gasteiger charge is 2.53. The minimum absolute atomic E-state index is 0.0295. The summed E-state index contributed by atoms with van der Waals surface area (Å²) in [5.41, 5.74) is -0.0295. The second kappa shape index (κ2) is 4.08. The van der Waals surface area contributed by atoms with E-state index in [-0.39, 0.29) is 16.3 Å². The van der Waals surface area contributed by atoms with Crippen LogP contribution >= 0.6 is 11.8 Å². The van der Waals surface area contributed by atoms with Crippen LogP contribution in [0.2, 0.25) is 0 Å². The molecule has 2 heteroatoms. The Morgan fingerprint density at radius 3 is 2.19 bits per heavy atom. The van der Waals surface area contributed by atoms with Gasteiger partial charge in [0.2, 0.25) is 0 Å². The number of thioether (sulfide) groups is 1. The molecule has 0 amide bonds. The van der Waals surface area contributed by atoms with Crippen molar-refractivity contribution in [2.75, 3.05) is 0 Å². The Morgan fingerprint density at radius 2 is 1.75 bits per heavy atom. The molecular weight excluding hydrogens is 216 g/mol. The first-order valence-corrected chi connectivity index (χ1v) is 6.68. The van der Waals surface area contributed by atoms with Gasteiger partial charge in [-0.15, -0.1) is 11.8 Å². The molecule has 0 saturated heterocycles. The van der Waals surface area contributed by atoms with Crippen molar-refractivity contribution in [1.29, 1.82) is 0 Å². The highest BCUT2D eigenvalue weighted by Crippen LogP contribution is 2.57. The SMILES string of the molecule is CC(C)(C)C(O)C1(Sc2ccccc2)CC1. The van der Waals surface area contributed by atoms with Crippen LogP contribution in [0.3, 0.4) is 0 Å². The molecule has 16 heavy (non-hydrogen) atoms. The Morgan fingerprint density at radius 1 is 1.19 bits per heavy atom. The lowest BCUT2D eigenvalue weighted by molar-refractivity contribution is 0.0549. The van der Waals surface area contributed by atoms with E-state index < -0.39 is 0 Å². The van der Waals surface area contributed by atoms with Crippen molar-refractivity contribution in [3.63, 3.8) is 0 Å². The second-order valence-corrected chi connectivity index (χ2v) is 7.24. The third kappa shape index (κ3) is 2.44. The molecule has 1 atom stereocenters. The molecule has 2 rings (SSSR count). The van der Waals surface area contributed by atoms with Gasteiger partial charge in [0.05, 0.1) is 6.10 Å². The molecule has 1 unspecified atom stereocenters. The Kier molecular flexibility index (Phi) is 3.06. The number of hydrogen-bond donors (Lipinski definition) is 1. The Bertz CT molecular complexity index is 349. The summed E-state index contributed by atoms with van der Waals surface area (Å²) in [4.78, 5) is 1.27. The molecule has 1 aromatic carbocycles. The van der Waals surface area contributed by atoms with E-state index in [2.05, 4.69) is 45.0 Å². The van der Waals surface area contributed by atoms with Crippen LogP contribution in [0.25, 0.3) is 0 Å². The first-order chi connectivity index (χ1) is 7.44. The van der Waals surface area contributed by atoms with Crippen LogP contribution in [0.5, 0.6) is 0 Å². The van der Waals surface area contributed by atoms with Gasteiger partial charge < -0.3 is 5.11 Å². The highest BCUT2D eigenvalue weighted by atomic mass is 32.2. The van der Waals surface area contributed by atoms with Crippen molar-refractivity contribution in [2.45, 2.75) is 49.4 Å². The number of benzene rings is 1. The van der Waals surface area contributed by atoms with Gasteiger partial charge in [0, 0.05) is 9.64 Å². The van der Waals surface area contributed by atoms with E-state index >= 15 is 0 Å². The molecular formula is C14H20OS. The average molecular weight is 236 g/mol. The maximum Gasteiger partial charge on any atom is 0.0738 e. The molecule has 88 valence electrons. The zero-order valence-electron chi connectivity index (χ0n) is 10.2. The van der Waals surface area contributed by atoms with Crippen molar-refractivity contribution in [1.82, 2.24) is 0 Å². The molecule has 0 radical (unpaired) electrons. The molecule has 0 spiro atoms. The summed E-state index contributed by atoms with van der Waals surface area (Å²) in [5, 5.41) is 10.4. The predicted octanol–water partition coefficient (Wildman–Crippen LogP) is 3.72. The lowest BCUT2D eigenvalue weighted by Crippen LogP contribution is -2.37. The van der Waals surface area contributed by atoms with E-state index in [1.165, 1.54) is 4.90 Å². The van der Waals surface area contributed by atoms with Crippen LogP contribution in [0, 0.1) is 5.41 Å². The molecule has 1 aliphatic carbocycles. The fourth-order valence-corrected chi connectivity index (χ4v) is 3.60. The number of hydrogen-bond acceptors (Lipinski definition) is 2. The maximum absolute atomic E-state index is 10.4. The van der Waals surface area contributed by atoms with Gasteiger partial charge in [0.15, 0.2) is 0 Å². The fraction of sp³-hybridized carbons (Fsp3) is 0.571. The Balaban J connectivity index is 2.10. The molecule has 1 fully saturated rings. The molecule has 1 aliphatic rings. The molecule has 1 nitrogen and oxygen atoms in total. The third-order valence-electron chi connectivity index (χ3n) is 3.13. The summed E-state index contributed by atoms with van der Waals surface area (Å²) in [7, 11) is 0. The lowest BCUT2D eigenvalue weighted by Gasteiger charge is -2.33. The molecule has 0 bridgehead atoms. The van der Waals surface area contributed by atoms with Crippen molar-refractivity contribution in [3.05, 3.63) is 30.3 Å². The summed E-state index contributed by atoms with van der Waals surface area (Å²) in [6.45, 7) is 6.34. The minimum Gasteiger partial charge on any atom is -0.391 e. The van der Waals surface area contributed by atoms with Gasteiger partial charge in [-0.05, 0) is 30.4 Å². The van der Waals surface area contributed by atoms with Crippen LogP contribution in [0.1, 0.15) is 33.6 Å². The molecule has 0 heterocycles. The van der Waals surface area contributed by atoms with Crippen LogP contribution in [-0.4, -0.2) is 16.0 Å². The monoisotopic (exact) mass is 236 g/mol. The maximum atomic E-state index is 10.4. The zero-order valence-corrected chi connectivity index (χ0v) is 11.1. The van der Waals surface area contributed by atoms with E-state index in [0.717, 1.165) is 12.8 Å². The van der Waals surface area contributed by atoms with E-state index in [9.17, 15) is 5.11 Å². The largest absolute Gasteiger partial charge is 0.391 e. The van der Waals surface area contributed by atoms with Crippen molar-refractivity contribution in [2.24, 2.45) is 5.41 Å². The van der Waals surface area contributed by atoms with Gasteiger partial charge in [-0.25, -0.2) is 0 Å². The van der Waals surface area contributed by atoms with Crippen molar-refractivity contribution < 1.29 is 5.11 Å². The van der Waals surface area contributed by atoms with Crippen molar-refractivity contribution >= 4 is 11.8 Å². The number of aliphatic hydroxyl groups excluding tert-OH is 1. The van der Waals surface area contributed by atoms with E-state index in [1.807, 2.05) is 17.8 Å². The summed E-state index contributed by atoms with van der Waals surface area (Å²) < 4.78 is 0.0691. The Labute approximate surface area is 102 Å². The number of aliphatic hydroxyl groups is 1. The van der Waals surface area contributed by atoms with Crippen LogP contribution in [0.15, 0.2) is 35.2 Å². The van der Waals surface area contributed by atoms with Gasteiger partial charge in [0.1, 0.15) is 0 Å². The summed E-state index contributed by atoms with van der Waals surface area (Å²) >= 11 is 1.84. The normalized spacial score (nSPS) is 20.5. The molecule has 1 saturated carbocycles. The third-order valence-corrected chi connectivity index (χ3v) is 4.67. The summed E-state index contributed by atoms with van der Waals surface area (Å²) in [6.07, 6.45) is 2.03. The first-order valence-electron chi connectivity index (χ1n) is 5.86. The van der Waals surface area contributed by atoms with Gasteiger partial charge in [-0.3, -0.25) is 0 Å². The van der Waals surface area contributed by atoms with Crippen LogP contribution < -0.4 is 0 Å². The van der Waals surface area contributed by atoms with Gasteiger partial charge in [-0.1, -0.05) is 39.0 Å². The van der Waals surface area contributed by atoms with Crippen molar-refractivity contribution in [3.8, 4) is 0 Å².